The Bertz CT molecular complexity index is 849. The van der Waals surface area contributed by atoms with Gasteiger partial charge in [0.15, 0.2) is 0 Å². The van der Waals surface area contributed by atoms with E-state index in [0.29, 0.717) is 27.1 Å². The lowest BCUT2D eigenvalue weighted by Crippen LogP contribution is -2.38. The average Bonchev–Trinajstić information content (AvgIpc) is 2.75. The van der Waals surface area contributed by atoms with E-state index < -0.39 is 11.6 Å². The maximum atomic E-state index is 12.3. The number of alkyl halides is 1. The highest BCUT2D eigenvalue weighted by atomic mass is 35.5. The largest absolute Gasteiger partial charge is 0.463 e. The van der Waals surface area contributed by atoms with Crippen molar-refractivity contribution < 1.29 is 14.6 Å². The molecule has 0 unspecified atom stereocenters. The van der Waals surface area contributed by atoms with E-state index in [1.54, 1.807) is 55.5 Å². The molecule has 3 nitrogen and oxygen atoms in total. The number of benzene rings is 3. The fraction of sp³-hybridized carbons (Fsp3) is 0.174. The summed E-state index contributed by atoms with van der Waals surface area (Å²) in [6.07, 6.45) is 0. The summed E-state index contributed by atoms with van der Waals surface area (Å²) >= 11 is 17.2. The van der Waals surface area contributed by atoms with Crippen LogP contribution in [0.1, 0.15) is 23.6 Å². The third kappa shape index (κ3) is 6.22. The topological polar surface area (TPSA) is 46.5 Å². The molecule has 0 aromatic heterocycles. The Hall–Kier alpha value is -2.04. The van der Waals surface area contributed by atoms with Gasteiger partial charge < -0.3 is 9.84 Å². The first-order valence-corrected chi connectivity index (χ1v) is 10.2. The Morgan fingerprint density at radius 3 is 1.66 bits per heavy atom. The van der Waals surface area contributed by atoms with Gasteiger partial charge in [-0.15, -0.1) is 11.6 Å². The molecule has 3 aromatic carbocycles. The van der Waals surface area contributed by atoms with E-state index in [4.69, 9.17) is 39.5 Å². The molecule has 0 aliphatic rings. The fourth-order valence-electron chi connectivity index (χ4n) is 2.59. The highest BCUT2D eigenvalue weighted by Gasteiger charge is 2.41. The molecule has 1 N–H and O–H groups in total. The Kier molecular flexibility index (Phi) is 8.99. The molecule has 0 radical (unpaired) electrons. The minimum Gasteiger partial charge on any atom is -0.463 e. The Morgan fingerprint density at radius 2 is 1.31 bits per heavy atom. The molecule has 0 atom stereocenters. The summed E-state index contributed by atoms with van der Waals surface area (Å²) in [6.45, 7) is 1.85. The summed E-state index contributed by atoms with van der Waals surface area (Å²) in [4.78, 5) is 12.3. The molecule has 152 valence electrons. The smallest absolute Gasteiger partial charge is 0.347 e. The first-order chi connectivity index (χ1) is 13.9. The summed E-state index contributed by atoms with van der Waals surface area (Å²) in [6, 6.07) is 22.8. The van der Waals surface area contributed by atoms with Crippen molar-refractivity contribution in [2.45, 2.75) is 18.4 Å². The van der Waals surface area contributed by atoms with Crippen LogP contribution in [0.4, 0.5) is 0 Å². The fourth-order valence-corrected chi connectivity index (χ4v) is 3.02. The lowest BCUT2D eigenvalue weighted by Gasteiger charge is -2.27. The van der Waals surface area contributed by atoms with E-state index in [-0.39, 0.29) is 6.61 Å². The van der Waals surface area contributed by atoms with Gasteiger partial charge in [0, 0.05) is 15.9 Å². The third-order valence-electron chi connectivity index (χ3n) is 4.09. The molecule has 0 aliphatic carbocycles. The number of rotatable bonds is 5. The van der Waals surface area contributed by atoms with Gasteiger partial charge in [-0.25, -0.2) is 4.79 Å². The van der Waals surface area contributed by atoms with Crippen molar-refractivity contribution in [1.29, 1.82) is 0 Å². The molecule has 0 spiro atoms. The maximum absolute atomic E-state index is 12.3. The standard InChI is InChI=1S/C16H14Cl2O3.C7H7Cl/c1-2-21-15(19)16(20,11-3-7-13(17)8-4-11)12-5-9-14(18)10-6-12;8-6-7-4-2-1-3-5-7/h3-10,20H,2H2,1H3;1-5H,6H2. The average molecular weight is 452 g/mol. The summed E-state index contributed by atoms with van der Waals surface area (Å²) in [5.41, 5.74) is 0.0417. The van der Waals surface area contributed by atoms with E-state index >= 15 is 0 Å². The molecule has 0 amide bonds. The number of carbonyl (C=O) groups is 1. The summed E-state index contributed by atoms with van der Waals surface area (Å²) in [5.74, 6) is -0.129. The minimum absolute atomic E-state index is 0.169. The van der Waals surface area contributed by atoms with Gasteiger partial charge in [-0.1, -0.05) is 77.8 Å². The van der Waals surface area contributed by atoms with Gasteiger partial charge in [0.25, 0.3) is 0 Å². The number of esters is 1. The van der Waals surface area contributed by atoms with Crippen LogP contribution in [-0.4, -0.2) is 17.7 Å². The van der Waals surface area contributed by atoms with Crippen molar-refractivity contribution in [1.82, 2.24) is 0 Å². The lowest BCUT2D eigenvalue weighted by atomic mass is 9.86. The van der Waals surface area contributed by atoms with E-state index in [1.165, 1.54) is 5.56 Å². The van der Waals surface area contributed by atoms with Crippen LogP contribution in [0.2, 0.25) is 10.0 Å². The highest BCUT2D eigenvalue weighted by Crippen LogP contribution is 2.32. The van der Waals surface area contributed by atoms with Crippen LogP contribution >= 0.6 is 34.8 Å². The van der Waals surface area contributed by atoms with Crippen molar-refractivity contribution in [3.8, 4) is 0 Å². The molecule has 0 aliphatic heterocycles. The van der Waals surface area contributed by atoms with Gasteiger partial charge in [-0.05, 0) is 47.9 Å². The summed E-state index contributed by atoms with van der Waals surface area (Å²) in [7, 11) is 0. The van der Waals surface area contributed by atoms with Gasteiger partial charge in [0.05, 0.1) is 6.61 Å². The molecule has 0 saturated heterocycles. The van der Waals surface area contributed by atoms with E-state index in [2.05, 4.69) is 0 Å². The second-order valence-corrected chi connectivity index (χ2v) is 7.20. The zero-order chi connectivity index (χ0) is 21.3. The second kappa shape index (κ2) is 11.2. The minimum atomic E-state index is -1.90. The van der Waals surface area contributed by atoms with Crippen LogP contribution in [0, 0.1) is 0 Å². The van der Waals surface area contributed by atoms with Crippen LogP contribution < -0.4 is 0 Å². The van der Waals surface area contributed by atoms with E-state index in [0.717, 1.165) is 0 Å². The zero-order valence-corrected chi connectivity index (χ0v) is 18.1. The molecule has 0 bridgehead atoms. The van der Waals surface area contributed by atoms with Crippen LogP contribution in [0.5, 0.6) is 0 Å². The molecular weight excluding hydrogens is 431 g/mol. The van der Waals surface area contributed by atoms with Gasteiger partial charge in [-0.3, -0.25) is 0 Å². The Labute approximate surface area is 185 Å². The monoisotopic (exact) mass is 450 g/mol. The van der Waals surface area contributed by atoms with Crippen LogP contribution in [0.25, 0.3) is 0 Å². The van der Waals surface area contributed by atoms with Crippen LogP contribution in [-0.2, 0) is 21.0 Å². The van der Waals surface area contributed by atoms with Gasteiger partial charge in [0.1, 0.15) is 0 Å². The predicted molar refractivity (Wildman–Crippen MR) is 119 cm³/mol. The van der Waals surface area contributed by atoms with Crippen molar-refractivity contribution in [3.05, 3.63) is 106 Å². The Morgan fingerprint density at radius 1 is 0.862 bits per heavy atom. The molecule has 3 rings (SSSR count). The predicted octanol–water partition coefficient (Wildman–Crippen LogP) is 6.22. The molecule has 6 heteroatoms. The Balaban J connectivity index is 0.000000313. The number of halogens is 3. The molecule has 3 aromatic rings. The quantitative estimate of drug-likeness (QED) is 0.370. The van der Waals surface area contributed by atoms with E-state index in [9.17, 15) is 9.90 Å². The first kappa shape index (κ1) is 23.2. The van der Waals surface area contributed by atoms with Gasteiger partial charge in [-0.2, -0.15) is 0 Å². The molecular formula is C23H21Cl3O3. The van der Waals surface area contributed by atoms with Crippen molar-refractivity contribution in [3.63, 3.8) is 0 Å². The molecule has 0 fully saturated rings. The normalized spacial score (nSPS) is 10.7. The summed E-state index contributed by atoms with van der Waals surface area (Å²) in [5, 5.41) is 12.0. The van der Waals surface area contributed by atoms with E-state index in [1.807, 2.05) is 30.3 Å². The number of hydrogen-bond acceptors (Lipinski definition) is 3. The van der Waals surface area contributed by atoms with Crippen molar-refractivity contribution in [2.24, 2.45) is 0 Å². The summed E-state index contributed by atoms with van der Waals surface area (Å²) < 4.78 is 5.02. The second-order valence-electron chi connectivity index (χ2n) is 6.06. The molecule has 29 heavy (non-hydrogen) atoms. The van der Waals surface area contributed by atoms with Crippen molar-refractivity contribution in [2.75, 3.05) is 6.61 Å². The van der Waals surface area contributed by atoms with Gasteiger partial charge in [0.2, 0.25) is 5.60 Å². The molecule has 0 saturated carbocycles. The van der Waals surface area contributed by atoms with Crippen molar-refractivity contribution >= 4 is 40.8 Å². The third-order valence-corrected chi connectivity index (χ3v) is 4.90. The number of aliphatic hydroxyl groups is 1. The highest BCUT2D eigenvalue weighted by molar-refractivity contribution is 6.30. The first-order valence-electron chi connectivity index (χ1n) is 8.93. The van der Waals surface area contributed by atoms with Crippen LogP contribution in [0.15, 0.2) is 78.9 Å². The molecule has 0 heterocycles. The lowest BCUT2D eigenvalue weighted by molar-refractivity contribution is -0.161. The SMILES string of the molecule is CCOC(=O)C(O)(c1ccc(Cl)cc1)c1ccc(Cl)cc1.ClCc1ccccc1. The number of carbonyl (C=O) groups excluding carboxylic acids is 1. The number of hydrogen-bond donors (Lipinski definition) is 1. The zero-order valence-electron chi connectivity index (χ0n) is 15.8. The maximum Gasteiger partial charge on any atom is 0.347 e. The van der Waals surface area contributed by atoms with Gasteiger partial charge >= 0.3 is 5.97 Å². The number of ether oxygens (including phenoxy) is 1. The van der Waals surface area contributed by atoms with Crippen LogP contribution in [0.3, 0.4) is 0 Å².